The average Bonchev–Trinajstić information content (AvgIpc) is 3.27. The molecule has 1 unspecified atom stereocenters. The normalized spacial score (nSPS) is 12.2. The van der Waals surface area contributed by atoms with Crippen LogP contribution >= 0.6 is 11.3 Å². The second-order valence-corrected chi connectivity index (χ2v) is 11.3. The van der Waals surface area contributed by atoms with E-state index in [1.54, 1.807) is 51.5 Å². The molecule has 3 aromatic carbocycles. The summed E-state index contributed by atoms with van der Waals surface area (Å²) in [6.07, 6.45) is -1.04. The van der Waals surface area contributed by atoms with E-state index in [1.165, 1.54) is 23.5 Å². The van der Waals surface area contributed by atoms with Gasteiger partial charge in [0.25, 0.3) is 5.91 Å². The lowest BCUT2D eigenvalue weighted by Crippen LogP contribution is -2.25. The molecule has 36 heavy (non-hydrogen) atoms. The number of sulfone groups is 1. The van der Waals surface area contributed by atoms with E-state index in [-0.39, 0.29) is 10.6 Å². The average molecular weight is 527 g/mol. The third-order valence-corrected chi connectivity index (χ3v) is 8.21. The van der Waals surface area contributed by atoms with Crippen LogP contribution in [0.4, 0.5) is 5.13 Å². The molecule has 1 aromatic heterocycles. The number of rotatable bonds is 9. The van der Waals surface area contributed by atoms with Crippen molar-refractivity contribution < 1.29 is 27.4 Å². The van der Waals surface area contributed by atoms with Crippen LogP contribution in [0.25, 0.3) is 10.2 Å². The minimum Gasteiger partial charge on any atom is -0.493 e. The summed E-state index contributed by atoms with van der Waals surface area (Å²) >= 11 is 1.29. The summed E-state index contributed by atoms with van der Waals surface area (Å²) < 4.78 is 42.0. The molecule has 0 spiro atoms. The highest BCUT2D eigenvalue weighted by Gasteiger charge is 2.25. The van der Waals surface area contributed by atoms with E-state index >= 15 is 0 Å². The number of aryl methyl sites for hydroxylation is 1. The molecule has 4 rings (SSSR count). The molecule has 188 valence electrons. The summed E-state index contributed by atoms with van der Waals surface area (Å²) in [4.78, 5) is 18.1. The fraction of sp³-hybridized carbons (Fsp3) is 0.231. The molecular formula is C26H26N2O6S2. The number of anilines is 1. The Kier molecular flexibility index (Phi) is 7.46. The molecule has 10 heteroatoms. The summed E-state index contributed by atoms with van der Waals surface area (Å²) in [6.45, 7) is 3.51. The largest absolute Gasteiger partial charge is 0.493 e. The molecule has 8 nitrogen and oxygen atoms in total. The zero-order valence-corrected chi connectivity index (χ0v) is 21.9. The number of hydrogen-bond donors (Lipinski definition) is 1. The van der Waals surface area contributed by atoms with Crippen LogP contribution in [0.15, 0.2) is 65.6 Å². The number of benzene rings is 3. The SMILES string of the molecule is CCS(=O)(=O)c1ccc(C(Oc2cccc(C)c2)C(=O)Nc2nc3cc(OC)c(OC)cc3s2)cc1. The molecule has 0 aliphatic heterocycles. The quantitative estimate of drug-likeness (QED) is 0.321. The molecule has 0 saturated carbocycles. The Morgan fingerprint density at radius 1 is 1.03 bits per heavy atom. The van der Waals surface area contributed by atoms with Gasteiger partial charge in [-0.15, -0.1) is 0 Å². The van der Waals surface area contributed by atoms with Gasteiger partial charge < -0.3 is 14.2 Å². The van der Waals surface area contributed by atoms with E-state index in [0.29, 0.717) is 33.5 Å². The number of carbonyl (C=O) groups excluding carboxylic acids is 1. The van der Waals surface area contributed by atoms with E-state index < -0.39 is 21.8 Å². The van der Waals surface area contributed by atoms with Gasteiger partial charge in [0.1, 0.15) is 5.75 Å². The zero-order chi connectivity index (χ0) is 25.9. The van der Waals surface area contributed by atoms with Crippen LogP contribution in [0.5, 0.6) is 17.2 Å². The standard InChI is InChI=1S/C26H26N2O6S2/c1-5-36(30,31)19-11-9-17(10-12-19)24(34-18-8-6-7-16(2)13-18)25(29)28-26-27-20-14-21(32-3)22(33-4)15-23(20)35-26/h6-15,24H,5H2,1-4H3,(H,27,28,29). The maximum absolute atomic E-state index is 13.4. The Hall–Kier alpha value is -3.63. The van der Waals surface area contributed by atoms with Gasteiger partial charge >= 0.3 is 0 Å². The van der Waals surface area contributed by atoms with Crippen molar-refractivity contribution >= 4 is 42.4 Å². The molecule has 0 saturated heterocycles. The van der Waals surface area contributed by atoms with Gasteiger partial charge in [0.05, 0.1) is 35.1 Å². The van der Waals surface area contributed by atoms with Crippen molar-refractivity contribution in [2.75, 3.05) is 25.3 Å². The summed E-state index contributed by atoms with van der Waals surface area (Å²) in [5.74, 6) is 1.16. The summed E-state index contributed by atoms with van der Waals surface area (Å²) in [5.41, 5.74) is 2.14. The summed E-state index contributed by atoms with van der Waals surface area (Å²) in [5, 5.41) is 3.22. The number of nitrogens with one attached hydrogen (secondary N) is 1. The zero-order valence-electron chi connectivity index (χ0n) is 20.3. The van der Waals surface area contributed by atoms with Gasteiger partial charge in [-0.3, -0.25) is 10.1 Å². The minimum atomic E-state index is -3.37. The van der Waals surface area contributed by atoms with Gasteiger partial charge in [-0.25, -0.2) is 13.4 Å². The van der Waals surface area contributed by atoms with Crippen LogP contribution < -0.4 is 19.5 Å². The van der Waals surface area contributed by atoms with Gasteiger partial charge in [-0.05, 0) is 36.8 Å². The van der Waals surface area contributed by atoms with Crippen molar-refractivity contribution in [2.24, 2.45) is 0 Å². The van der Waals surface area contributed by atoms with Gasteiger partial charge in [-0.1, -0.05) is 42.5 Å². The van der Waals surface area contributed by atoms with Crippen LogP contribution in [0.3, 0.4) is 0 Å². The second-order valence-electron chi connectivity index (χ2n) is 7.97. The van der Waals surface area contributed by atoms with E-state index in [4.69, 9.17) is 14.2 Å². The van der Waals surface area contributed by atoms with E-state index in [0.717, 1.165) is 10.3 Å². The molecule has 1 N–H and O–H groups in total. The summed E-state index contributed by atoms with van der Waals surface area (Å²) in [6, 6.07) is 17.1. The summed E-state index contributed by atoms with van der Waals surface area (Å²) in [7, 11) is -0.273. The number of hydrogen-bond acceptors (Lipinski definition) is 8. The molecule has 0 fully saturated rings. The molecule has 1 atom stereocenters. The van der Waals surface area contributed by atoms with Crippen molar-refractivity contribution in [3.05, 3.63) is 71.8 Å². The van der Waals surface area contributed by atoms with Crippen LogP contribution in [-0.2, 0) is 14.6 Å². The first-order valence-electron chi connectivity index (χ1n) is 11.1. The second kappa shape index (κ2) is 10.5. The first-order chi connectivity index (χ1) is 17.2. The fourth-order valence-electron chi connectivity index (χ4n) is 3.59. The lowest BCUT2D eigenvalue weighted by atomic mass is 10.1. The van der Waals surface area contributed by atoms with E-state index in [9.17, 15) is 13.2 Å². The van der Waals surface area contributed by atoms with Gasteiger partial charge in [0.2, 0.25) is 6.10 Å². The smallest absolute Gasteiger partial charge is 0.271 e. The number of amides is 1. The monoisotopic (exact) mass is 526 g/mol. The van der Waals surface area contributed by atoms with E-state index in [2.05, 4.69) is 10.3 Å². The minimum absolute atomic E-state index is 0.0107. The first-order valence-corrected chi connectivity index (χ1v) is 13.6. The van der Waals surface area contributed by atoms with Crippen LogP contribution in [0.2, 0.25) is 0 Å². The Morgan fingerprint density at radius 2 is 1.72 bits per heavy atom. The highest BCUT2D eigenvalue weighted by Crippen LogP contribution is 2.36. The molecule has 4 aromatic rings. The number of ether oxygens (including phenoxy) is 3. The first kappa shape index (κ1) is 25.5. The lowest BCUT2D eigenvalue weighted by molar-refractivity contribution is -0.123. The number of carbonyl (C=O) groups is 1. The Bertz CT molecular complexity index is 1460. The van der Waals surface area contributed by atoms with E-state index in [1.807, 2.05) is 25.1 Å². The molecule has 0 aliphatic rings. The molecular weight excluding hydrogens is 500 g/mol. The van der Waals surface area contributed by atoms with Crippen molar-refractivity contribution in [3.63, 3.8) is 0 Å². The van der Waals surface area contributed by atoms with Crippen molar-refractivity contribution in [2.45, 2.75) is 24.8 Å². The highest BCUT2D eigenvalue weighted by molar-refractivity contribution is 7.91. The maximum Gasteiger partial charge on any atom is 0.271 e. The van der Waals surface area contributed by atoms with Crippen molar-refractivity contribution in [1.29, 1.82) is 0 Å². The number of nitrogens with zero attached hydrogens (tertiary/aromatic N) is 1. The Balaban J connectivity index is 1.66. The van der Waals surface area contributed by atoms with Gasteiger partial charge in [-0.2, -0.15) is 0 Å². The Labute approximate surface area is 213 Å². The third-order valence-electron chi connectivity index (χ3n) is 5.53. The molecule has 0 aliphatic carbocycles. The topological polar surface area (TPSA) is 104 Å². The lowest BCUT2D eigenvalue weighted by Gasteiger charge is -2.19. The molecule has 0 bridgehead atoms. The molecule has 0 radical (unpaired) electrons. The number of thiazole rings is 1. The van der Waals surface area contributed by atoms with Crippen LogP contribution in [0, 0.1) is 6.92 Å². The number of methoxy groups -OCH3 is 2. The molecule has 1 heterocycles. The molecule has 1 amide bonds. The van der Waals surface area contributed by atoms with Gasteiger partial charge in [0, 0.05) is 17.7 Å². The van der Waals surface area contributed by atoms with Crippen molar-refractivity contribution in [3.8, 4) is 17.2 Å². The highest BCUT2D eigenvalue weighted by atomic mass is 32.2. The van der Waals surface area contributed by atoms with Crippen LogP contribution in [-0.4, -0.2) is 39.3 Å². The van der Waals surface area contributed by atoms with Gasteiger partial charge in [0.15, 0.2) is 26.5 Å². The number of fused-ring (bicyclic) bond motifs is 1. The third kappa shape index (κ3) is 5.44. The predicted molar refractivity (Wildman–Crippen MR) is 140 cm³/mol. The fourth-order valence-corrected chi connectivity index (χ4v) is 5.36. The predicted octanol–water partition coefficient (Wildman–Crippen LogP) is 5.17. The maximum atomic E-state index is 13.4. The number of aromatic nitrogens is 1. The Morgan fingerprint density at radius 3 is 2.36 bits per heavy atom. The van der Waals surface area contributed by atoms with Crippen LogP contribution in [0.1, 0.15) is 24.2 Å². The van der Waals surface area contributed by atoms with Crippen molar-refractivity contribution in [1.82, 2.24) is 4.98 Å².